The molecule has 0 radical (unpaired) electrons. The Morgan fingerprint density at radius 1 is 0.382 bits per heavy atom. The fraction of sp³-hybridized carbons (Fsp3) is 0. The van der Waals surface area contributed by atoms with Crippen LogP contribution in [0.1, 0.15) is 0 Å². The summed E-state index contributed by atoms with van der Waals surface area (Å²) in [7, 11) is 0. The molecule has 0 atom stereocenters. The van der Waals surface area contributed by atoms with Crippen LogP contribution in [-0.4, -0.2) is 4.57 Å². The van der Waals surface area contributed by atoms with Gasteiger partial charge in [0.25, 0.3) is 0 Å². The van der Waals surface area contributed by atoms with E-state index in [-0.39, 0.29) is 0 Å². The average Bonchev–Trinajstić information content (AvgIpc) is 3.82. The highest BCUT2D eigenvalue weighted by molar-refractivity contribution is 6.23. The zero-order valence-electron chi connectivity index (χ0n) is 29.9. The van der Waals surface area contributed by atoms with Crippen LogP contribution in [0.25, 0.3) is 82.5 Å². The number of hydrogen-bond acceptors (Lipinski definition) is 2. The van der Waals surface area contributed by atoms with E-state index in [9.17, 15) is 0 Å². The van der Waals surface area contributed by atoms with E-state index in [2.05, 4.69) is 210 Å². The molecule has 2 heterocycles. The van der Waals surface area contributed by atoms with E-state index >= 15 is 0 Å². The first-order chi connectivity index (χ1) is 27.3. The van der Waals surface area contributed by atoms with Gasteiger partial charge in [0.1, 0.15) is 5.58 Å². The molecule has 0 bridgehead atoms. The zero-order chi connectivity index (χ0) is 36.3. The molecule has 0 aliphatic carbocycles. The average molecular weight is 703 g/mol. The standard InChI is InChI=1S/C52H34N2O/c1-2-13-35(14-3-1)36-25-29-40(30-26-36)53(49-34-39-15-4-5-18-43(39)51-46-21-8-11-24-50(46)55-52(49)51)41-31-27-37(28-32-41)38-16-12-17-42(33-38)54-47-22-9-6-19-44(47)45-20-7-10-23-48(45)54/h1-34H. The second kappa shape index (κ2) is 12.6. The van der Waals surface area contributed by atoms with Crippen molar-refractivity contribution in [3.8, 4) is 27.9 Å². The predicted octanol–water partition coefficient (Wildman–Crippen LogP) is 14.6. The molecule has 258 valence electrons. The first kappa shape index (κ1) is 31.2. The maximum atomic E-state index is 6.77. The molecule has 0 saturated carbocycles. The van der Waals surface area contributed by atoms with E-state index in [1.54, 1.807) is 0 Å². The molecule has 55 heavy (non-hydrogen) atoms. The van der Waals surface area contributed by atoms with Crippen molar-refractivity contribution >= 4 is 71.6 Å². The van der Waals surface area contributed by atoms with Crippen LogP contribution >= 0.6 is 0 Å². The maximum absolute atomic E-state index is 6.77. The molecule has 9 aromatic carbocycles. The lowest BCUT2D eigenvalue weighted by Gasteiger charge is -2.26. The second-order valence-electron chi connectivity index (χ2n) is 14.1. The summed E-state index contributed by atoms with van der Waals surface area (Å²) in [5, 5.41) is 7.13. The minimum absolute atomic E-state index is 0.870. The maximum Gasteiger partial charge on any atom is 0.160 e. The van der Waals surface area contributed by atoms with E-state index in [4.69, 9.17) is 4.42 Å². The van der Waals surface area contributed by atoms with Crippen molar-refractivity contribution in [1.29, 1.82) is 0 Å². The first-order valence-corrected chi connectivity index (χ1v) is 18.8. The molecular weight excluding hydrogens is 669 g/mol. The van der Waals surface area contributed by atoms with Gasteiger partial charge in [-0.15, -0.1) is 0 Å². The quantitative estimate of drug-likeness (QED) is 0.172. The van der Waals surface area contributed by atoms with Crippen molar-refractivity contribution in [2.24, 2.45) is 0 Å². The van der Waals surface area contributed by atoms with Crippen molar-refractivity contribution in [1.82, 2.24) is 4.57 Å². The Hall–Kier alpha value is -7.36. The molecule has 0 N–H and O–H groups in total. The van der Waals surface area contributed by atoms with Gasteiger partial charge in [-0.1, -0.05) is 146 Å². The Labute approximate surface area is 318 Å². The van der Waals surface area contributed by atoms with Crippen LogP contribution in [0.4, 0.5) is 17.1 Å². The highest BCUT2D eigenvalue weighted by atomic mass is 16.3. The van der Waals surface area contributed by atoms with Gasteiger partial charge in [0.2, 0.25) is 0 Å². The topological polar surface area (TPSA) is 21.3 Å². The monoisotopic (exact) mass is 702 g/mol. The second-order valence-corrected chi connectivity index (χ2v) is 14.1. The Kier molecular flexibility index (Phi) is 7.17. The van der Waals surface area contributed by atoms with Crippen LogP contribution in [0.3, 0.4) is 0 Å². The largest absolute Gasteiger partial charge is 0.454 e. The number of para-hydroxylation sites is 3. The van der Waals surface area contributed by atoms with Gasteiger partial charge >= 0.3 is 0 Å². The summed E-state index contributed by atoms with van der Waals surface area (Å²) >= 11 is 0. The minimum atomic E-state index is 0.870. The third-order valence-corrected chi connectivity index (χ3v) is 11.0. The van der Waals surface area contributed by atoms with Gasteiger partial charge in [-0.2, -0.15) is 0 Å². The number of fused-ring (bicyclic) bond motifs is 8. The van der Waals surface area contributed by atoms with Crippen LogP contribution in [-0.2, 0) is 0 Å². The highest BCUT2D eigenvalue weighted by Gasteiger charge is 2.22. The van der Waals surface area contributed by atoms with E-state index in [1.807, 2.05) is 6.07 Å². The molecule has 0 aliphatic heterocycles. The SMILES string of the molecule is c1ccc(-c2ccc(N(c3ccc(-c4cccc(-n5c6ccccc6c6ccccc65)c4)cc3)c3cc4ccccc4c4c3oc3ccccc34)cc2)cc1. The molecule has 0 spiro atoms. The summed E-state index contributed by atoms with van der Waals surface area (Å²) in [4.78, 5) is 2.34. The summed E-state index contributed by atoms with van der Waals surface area (Å²) < 4.78 is 9.14. The summed E-state index contributed by atoms with van der Waals surface area (Å²) in [6.45, 7) is 0. The molecule has 0 saturated heterocycles. The summed E-state index contributed by atoms with van der Waals surface area (Å²) in [5.74, 6) is 0. The van der Waals surface area contributed by atoms with E-state index in [0.717, 1.165) is 55.8 Å². The van der Waals surface area contributed by atoms with Gasteiger partial charge in [0.15, 0.2) is 5.58 Å². The van der Waals surface area contributed by atoms with E-state index in [0.29, 0.717) is 0 Å². The van der Waals surface area contributed by atoms with E-state index < -0.39 is 0 Å². The molecular formula is C52H34N2O. The summed E-state index contributed by atoms with van der Waals surface area (Å²) in [6, 6.07) is 73.8. The fourth-order valence-electron chi connectivity index (χ4n) is 8.41. The third-order valence-electron chi connectivity index (χ3n) is 11.0. The molecule has 3 heteroatoms. The highest BCUT2D eigenvalue weighted by Crippen LogP contribution is 2.46. The number of benzene rings is 9. The third kappa shape index (κ3) is 5.13. The van der Waals surface area contributed by atoms with Crippen molar-refractivity contribution in [2.45, 2.75) is 0 Å². The molecule has 0 unspecified atom stereocenters. The molecule has 3 nitrogen and oxygen atoms in total. The number of aromatic nitrogens is 1. The minimum Gasteiger partial charge on any atom is -0.454 e. The van der Waals surface area contributed by atoms with Crippen LogP contribution in [0.5, 0.6) is 0 Å². The normalized spacial score (nSPS) is 11.6. The molecule has 11 aromatic rings. The van der Waals surface area contributed by atoms with Crippen molar-refractivity contribution in [3.05, 3.63) is 206 Å². The Bertz CT molecular complexity index is 3140. The van der Waals surface area contributed by atoms with Gasteiger partial charge in [0.05, 0.1) is 16.7 Å². The van der Waals surface area contributed by atoms with Crippen molar-refractivity contribution in [2.75, 3.05) is 4.90 Å². The molecule has 0 fully saturated rings. The first-order valence-electron chi connectivity index (χ1n) is 18.8. The van der Waals surface area contributed by atoms with Crippen molar-refractivity contribution in [3.63, 3.8) is 0 Å². The van der Waals surface area contributed by atoms with Gasteiger partial charge < -0.3 is 13.9 Å². The number of rotatable bonds is 6. The Balaban J connectivity index is 1.06. The van der Waals surface area contributed by atoms with Gasteiger partial charge in [0, 0.05) is 38.6 Å². The number of anilines is 3. The van der Waals surface area contributed by atoms with Gasteiger partial charge in [-0.05, 0) is 93.7 Å². The Morgan fingerprint density at radius 3 is 1.60 bits per heavy atom. The van der Waals surface area contributed by atoms with Crippen molar-refractivity contribution < 1.29 is 4.42 Å². The molecule has 0 amide bonds. The van der Waals surface area contributed by atoms with E-state index in [1.165, 1.54) is 43.7 Å². The smallest absolute Gasteiger partial charge is 0.160 e. The molecule has 11 rings (SSSR count). The van der Waals surface area contributed by atoms with Crippen LogP contribution < -0.4 is 4.90 Å². The number of furan rings is 1. The predicted molar refractivity (Wildman–Crippen MR) is 231 cm³/mol. The summed E-state index contributed by atoms with van der Waals surface area (Å²) in [5.41, 5.74) is 13.1. The van der Waals surface area contributed by atoms with Crippen LogP contribution in [0, 0.1) is 0 Å². The van der Waals surface area contributed by atoms with Crippen LogP contribution in [0.2, 0.25) is 0 Å². The fourth-order valence-corrected chi connectivity index (χ4v) is 8.41. The number of nitrogens with zero attached hydrogens (tertiary/aromatic N) is 2. The molecule has 2 aromatic heterocycles. The Morgan fingerprint density at radius 2 is 0.909 bits per heavy atom. The van der Waals surface area contributed by atoms with Gasteiger partial charge in [-0.3, -0.25) is 0 Å². The zero-order valence-corrected chi connectivity index (χ0v) is 29.9. The molecule has 0 aliphatic rings. The lowest BCUT2D eigenvalue weighted by atomic mass is 10.0. The lowest BCUT2D eigenvalue weighted by Crippen LogP contribution is -2.10. The number of hydrogen-bond donors (Lipinski definition) is 0. The lowest BCUT2D eigenvalue weighted by molar-refractivity contribution is 0.669. The van der Waals surface area contributed by atoms with Gasteiger partial charge in [-0.25, -0.2) is 0 Å². The summed E-state index contributed by atoms with van der Waals surface area (Å²) in [6.07, 6.45) is 0. The van der Waals surface area contributed by atoms with Crippen LogP contribution in [0.15, 0.2) is 211 Å².